The molecule has 4 N–H and O–H groups in total. The number of amides is 4. The van der Waals surface area contributed by atoms with Gasteiger partial charge < -0.3 is 26.0 Å². The number of hydrogen-bond donors (Lipinski definition) is 3. The number of hydrogen-bond acceptors (Lipinski definition) is 6. The van der Waals surface area contributed by atoms with Crippen LogP contribution in [0.5, 0.6) is 0 Å². The Balaban J connectivity index is 1.90. The summed E-state index contributed by atoms with van der Waals surface area (Å²) in [7, 11) is 0. The van der Waals surface area contributed by atoms with Crippen LogP contribution in [0.25, 0.3) is 0 Å². The van der Waals surface area contributed by atoms with Crippen LogP contribution in [0.4, 0.5) is 4.79 Å². The van der Waals surface area contributed by atoms with Crippen LogP contribution in [0.2, 0.25) is 0 Å². The molecule has 4 amide bonds. The lowest BCUT2D eigenvalue weighted by Gasteiger charge is -2.34. The van der Waals surface area contributed by atoms with Gasteiger partial charge in [0.1, 0.15) is 18.2 Å². The van der Waals surface area contributed by atoms with E-state index in [4.69, 9.17) is 10.5 Å². The van der Waals surface area contributed by atoms with E-state index in [0.29, 0.717) is 38.6 Å². The average molecular weight is 557 g/mol. The van der Waals surface area contributed by atoms with Gasteiger partial charge in [0.25, 0.3) is 5.91 Å². The molecule has 1 aliphatic heterocycles. The van der Waals surface area contributed by atoms with Crippen LogP contribution in [0.3, 0.4) is 0 Å². The molecule has 1 heterocycles. The zero-order valence-corrected chi connectivity index (χ0v) is 24.3. The van der Waals surface area contributed by atoms with E-state index in [-0.39, 0.29) is 36.2 Å². The summed E-state index contributed by atoms with van der Waals surface area (Å²) in [6, 6.07) is 5.16. The lowest BCUT2D eigenvalue weighted by atomic mass is 9.87. The van der Waals surface area contributed by atoms with E-state index in [1.54, 1.807) is 6.92 Å². The third kappa shape index (κ3) is 7.20. The molecule has 0 spiro atoms. The number of fused-ring (bicyclic) bond motifs is 1. The number of ether oxygens (including phenoxy) is 1. The second kappa shape index (κ2) is 13.8. The monoisotopic (exact) mass is 556 g/mol. The molecule has 1 fully saturated rings. The molecule has 1 saturated heterocycles. The lowest BCUT2D eigenvalue weighted by Crippen LogP contribution is -2.59. The van der Waals surface area contributed by atoms with Gasteiger partial charge in [-0.15, -0.1) is 0 Å². The summed E-state index contributed by atoms with van der Waals surface area (Å²) < 4.78 is 5.46. The first-order valence-electron chi connectivity index (χ1n) is 14.5. The Morgan fingerprint density at radius 1 is 1.02 bits per heavy atom. The zero-order valence-electron chi connectivity index (χ0n) is 24.3. The molecular formula is C30H44N4O6. The molecule has 0 saturated carbocycles. The van der Waals surface area contributed by atoms with Crippen molar-refractivity contribution in [2.45, 2.75) is 97.4 Å². The van der Waals surface area contributed by atoms with Crippen LogP contribution in [-0.2, 0) is 36.8 Å². The Morgan fingerprint density at radius 3 is 2.17 bits per heavy atom. The Labute approximate surface area is 236 Å². The number of carbonyl (C=O) groups excluding carboxylic acids is 5. The maximum absolute atomic E-state index is 14.2. The lowest BCUT2D eigenvalue weighted by molar-refractivity contribution is -0.144. The zero-order chi connectivity index (χ0) is 29.6. The number of nitrogens with two attached hydrogens (primary N) is 1. The fourth-order valence-electron chi connectivity index (χ4n) is 5.90. The maximum atomic E-state index is 14.2. The van der Waals surface area contributed by atoms with Gasteiger partial charge in [-0.2, -0.15) is 0 Å². The first-order chi connectivity index (χ1) is 19.0. The number of rotatable bonds is 12. The Bertz CT molecular complexity index is 1080. The summed E-state index contributed by atoms with van der Waals surface area (Å²) in [5.74, 6) is -3.11. The first-order valence-corrected chi connectivity index (χ1v) is 14.5. The summed E-state index contributed by atoms with van der Waals surface area (Å²) in [6.07, 6.45) is 2.28. The minimum absolute atomic E-state index is 0.0718. The summed E-state index contributed by atoms with van der Waals surface area (Å²) in [6.45, 7) is 9.84. The largest absolute Gasteiger partial charge is 0.447 e. The normalized spacial score (nSPS) is 20.9. The highest BCUT2D eigenvalue weighted by Gasteiger charge is 2.47. The molecule has 0 aromatic heterocycles. The Morgan fingerprint density at radius 2 is 1.65 bits per heavy atom. The number of alkyl carbamates (subject to hydrolysis) is 1. The second-order valence-corrected chi connectivity index (χ2v) is 11.4. The minimum atomic E-state index is -1.11. The first kappa shape index (κ1) is 31.1. The van der Waals surface area contributed by atoms with Gasteiger partial charge in [0.15, 0.2) is 0 Å². The van der Waals surface area contributed by atoms with Crippen molar-refractivity contribution < 1.29 is 28.7 Å². The molecule has 10 heteroatoms. The third-order valence-corrected chi connectivity index (χ3v) is 8.28. The highest BCUT2D eigenvalue weighted by Crippen LogP contribution is 2.34. The quantitative estimate of drug-likeness (QED) is 0.337. The van der Waals surface area contributed by atoms with Crippen molar-refractivity contribution in [3.8, 4) is 0 Å². The van der Waals surface area contributed by atoms with Crippen molar-refractivity contribution in [3.05, 3.63) is 35.4 Å². The predicted molar refractivity (Wildman–Crippen MR) is 150 cm³/mol. The summed E-state index contributed by atoms with van der Waals surface area (Å²) in [5.41, 5.74) is 7.49. The molecule has 3 rings (SSSR count). The fraction of sp³-hybridized carbons (Fsp3) is 0.633. The van der Waals surface area contributed by atoms with E-state index >= 15 is 0 Å². The van der Waals surface area contributed by atoms with Crippen molar-refractivity contribution in [1.82, 2.24) is 15.5 Å². The molecule has 1 aromatic carbocycles. The van der Waals surface area contributed by atoms with Gasteiger partial charge >= 0.3 is 6.09 Å². The Kier molecular flexibility index (Phi) is 10.7. The van der Waals surface area contributed by atoms with Crippen LogP contribution >= 0.6 is 0 Å². The number of carbonyl (C=O) groups is 5. The summed E-state index contributed by atoms with van der Waals surface area (Å²) in [5, 5.41) is 5.55. The van der Waals surface area contributed by atoms with Crippen molar-refractivity contribution >= 4 is 29.6 Å². The van der Waals surface area contributed by atoms with Crippen molar-refractivity contribution in [2.24, 2.45) is 23.5 Å². The van der Waals surface area contributed by atoms with Gasteiger partial charge in [0.2, 0.25) is 17.6 Å². The molecule has 0 radical (unpaired) electrons. The standard InChI is InChI=1S/C30H44N4O6/c1-6-10-23(26(35)27(31)36)32-28(37)25-22(17(3)4)13-14-34(25)29(38)24(33-30(39)40-18(5)7-2)21-15-19-11-8-9-12-20(19)16-21/h8-9,11-12,17-18,21-25H,6-7,10,13-16H2,1-5H3,(H2,31,36)(H,32,37)(H,33,39)/t18?,22-,23?,24+,25+/m1/s1. The number of primary amides is 1. The topological polar surface area (TPSA) is 148 Å². The molecule has 2 unspecified atom stereocenters. The predicted octanol–water partition coefficient (Wildman–Crippen LogP) is 2.51. The molecule has 2 aliphatic rings. The van der Waals surface area contributed by atoms with E-state index in [1.807, 2.05) is 52.0 Å². The van der Waals surface area contributed by atoms with Gasteiger partial charge in [0.05, 0.1) is 6.04 Å². The van der Waals surface area contributed by atoms with Gasteiger partial charge in [-0.3, -0.25) is 19.2 Å². The smallest absolute Gasteiger partial charge is 0.408 e. The van der Waals surface area contributed by atoms with E-state index in [9.17, 15) is 24.0 Å². The maximum Gasteiger partial charge on any atom is 0.408 e. The third-order valence-electron chi connectivity index (χ3n) is 8.28. The van der Waals surface area contributed by atoms with E-state index < -0.39 is 41.8 Å². The van der Waals surface area contributed by atoms with E-state index in [2.05, 4.69) is 10.6 Å². The van der Waals surface area contributed by atoms with E-state index in [1.165, 1.54) is 4.90 Å². The number of likely N-dealkylation sites (tertiary alicyclic amines) is 1. The molecule has 1 aliphatic carbocycles. The summed E-state index contributed by atoms with van der Waals surface area (Å²) >= 11 is 0. The van der Waals surface area contributed by atoms with Crippen molar-refractivity contribution in [2.75, 3.05) is 6.54 Å². The highest BCUT2D eigenvalue weighted by molar-refractivity contribution is 6.37. The SMILES string of the molecule is CCCC(NC(=O)[C@@H]1[C@@H](C(C)C)CCN1C(=O)[C@@H](NC(=O)OC(C)CC)C1Cc2ccccc2C1)C(=O)C(N)=O. The van der Waals surface area contributed by atoms with Crippen LogP contribution in [0.1, 0.15) is 71.4 Å². The molecule has 40 heavy (non-hydrogen) atoms. The number of nitrogens with zero attached hydrogens (tertiary/aromatic N) is 1. The molecular weight excluding hydrogens is 512 g/mol. The minimum Gasteiger partial charge on any atom is -0.447 e. The van der Waals surface area contributed by atoms with Crippen LogP contribution in [-0.4, -0.2) is 65.3 Å². The second-order valence-electron chi connectivity index (χ2n) is 11.4. The number of benzene rings is 1. The summed E-state index contributed by atoms with van der Waals surface area (Å²) in [4.78, 5) is 66.3. The van der Waals surface area contributed by atoms with Gasteiger partial charge in [0, 0.05) is 6.54 Å². The number of Topliss-reactive ketones (excluding diaryl/α,β-unsaturated/α-hetero) is 1. The molecule has 10 nitrogen and oxygen atoms in total. The molecule has 5 atom stereocenters. The molecule has 220 valence electrons. The van der Waals surface area contributed by atoms with Crippen molar-refractivity contribution in [3.63, 3.8) is 0 Å². The number of ketones is 1. The van der Waals surface area contributed by atoms with Gasteiger partial charge in [-0.1, -0.05) is 58.4 Å². The van der Waals surface area contributed by atoms with E-state index in [0.717, 1.165) is 11.1 Å². The number of nitrogens with one attached hydrogen (secondary N) is 2. The van der Waals surface area contributed by atoms with Gasteiger partial charge in [-0.05, 0) is 67.9 Å². The molecule has 1 aromatic rings. The van der Waals surface area contributed by atoms with Crippen LogP contribution in [0.15, 0.2) is 24.3 Å². The van der Waals surface area contributed by atoms with Gasteiger partial charge in [-0.25, -0.2) is 4.79 Å². The van der Waals surface area contributed by atoms with Crippen LogP contribution in [0, 0.1) is 17.8 Å². The Hall–Kier alpha value is -3.43. The highest BCUT2D eigenvalue weighted by atomic mass is 16.6. The van der Waals surface area contributed by atoms with Crippen molar-refractivity contribution in [1.29, 1.82) is 0 Å². The van der Waals surface area contributed by atoms with Crippen LogP contribution < -0.4 is 16.4 Å². The fourth-order valence-corrected chi connectivity index (χ4v) is 5.90. The average Bonchev–Trinajstić information content (AvgIpc) is 3.55. The molecule has 0 bridgehead atoms.